The molecule has 3 fully saturated rings. The van der Waals surface area contributed by atoms with Crippen molar-refractivity contribution in [2.75, 3.05) is 13.4 Å². The van der Waals surface area contributed by atoms with Crippen molar-refractivity contribution >= 4 is 37.4 Å². The summed E-state index contributed by atoms with van der Waals surface area (Å²) in [4.78, 5) is 89.4. The molecule has 3 aromatic carbocycles. The lowest BCUT2D eigenvalue weighted by Crippen LogP contribution is -2.81. The second-order valence-electron chi connectivity index (χ2n) is 17.7. The highest BCUT2D eigenvalue weighted by atomic mass is 31.2. The molecule has 3 aliphatic carbocycles. The summed E-state index contributed by atoms with van der Waals surface area (Å²) in [6, 6.07) is 22.6. The SMILES string of the molecule is CC(=O)OC(C(=O)OC1CC2(O)C(OC(=O)c3ccccc3)C3C4(O)COC4CC(OCOP(=O)(O)O)[C@@]3(C)C(=O)C(O)C(=C1C)C2(C)C)C(NC(=O)c1ccccc1)c1ccccc1. The number of phosphoric ester groups is 1. The molecule has 7 rings (SSSR count). The molecule has 348 valence electrons. The van der Waals surface area contributed by atoms with Gasteiger partial charge in [0, 0.05) is 36.7 Å². The fourth-order valence-corrected chi connectivity index (χ4v) is 10.4. The monoisotopic (exact) mass is 921 g/mol. The van der Waals surface area contributed by atoms with E-state index in [4.69, 9.17) is 23.7 Å². The predicted molar refractivity (Wildman–Crippen MR) is 225 cm³/mol. The van der Waals surface area contributed by atoms with E-state index >= 15 is 4.79 Å². The van der Waals surface area contributed by atoms with Crippen molar-refractivity contribution in [2.45, 2.75) is 101 Å². The highest BCUT2D eigenvalue weighted by molar-refractivity contribution is 7.46. The zero-order valence-electron chi connectivity index (χ0n) is 36.2. The average Bonchev–Trinajstić information content (AvgIpc) is 3.26. The van der Waals surface area contributed by atoms with Crippen LogP contribution in [0.2, 0.25) is 0 Å². The van der Waals surface area contributed by atoms with Gasteiger partial charge in [0.2, 0.25) is 6.10 Å². The van der Waals surface area contributed by atoms with E-state index in [1.54, 1.807) is 78.9 Å². The number of aliphatic hydroxyl groups is 3. The first-order valence-corrected chi connectivity index (χ1v) is 22.4. The van der Waals surface area contributed by atoms with E-state index in [9.17, 15) is 48.8 Å². The highest BCUT2D eigenvalue weighted by Gasteiger charge is 2.76. The summed E-state index contributed by atoms with van der Waals surface area (Å²) in [7, 11) is -5.10. The van der Waals surface area contributed by atoms with Crippen LogP contribution < -0.4 is 5.32 Å². The molecule has 2 saturated carbocycles. The normalized spacial score (nSPS) is 31.3. The number of phosphoric acid groups is 1. The van der Waals surface area contributed by atoms with Crippen LogP contribution in [0.25, 0.3) is 0 Å². The fourth-order valence-electron chi connectivity index (χ4n) is 10.2. The summed E-state index contributed by atoms with van der Waals surface area (Å²) in [5.74, 6) is -6.39. The summed E-state index contributed by atoms with van der Waals surface area (Å²) in [5, 5.41) is 41.4. The number of carbonyl (C=O) groups excluding carboxylic acids is 5. The van der Waals surface area contributed by atoms with E-state index < -0.39 is 128 Å². The summed E-state index contributed by atoms with van der Waals surface area (Å²) in [5.41, 5.74) is -7.79. The van der Waals surface area contributed by atoms with E-state index in [2.05, 4.69) is 9.84 Å². The maximum Gasteiger partial charge on any atom is 0.471 e. The fraction of sp³-hybridized carbons (Fsp3) is 0.457. The number of ether oxygens (including phenoxy) is 5. The maximum atomic E-state index is 15.3. The number of amides is 1. The van der Waals surface area contributed by atoms with Crippen LogP contribution in [0.1, 0.15) is 79.8 Å². The van der Waals surface area contributed by atoms with Crippen LogP contribution in [0, 0.1) is 16.7 Å². The molecule has 0 spiro atoms. The van der Waals surface area contributed by atoms with Gasteiger partial charge in [-0.3, -0.25) is 18.9 Å². The van der Waals surface area contributed by atoms with Gasteiger partial charge in [-0.2, -0.15) is 0 Å². The number of Topliss-reactive ketones (excluding diaryl/α,β-unsaturated/α-hetero) is 1. The molecule has 10 unspecified atom stereocenters. The number of hydrogen-bond acceptors (Lipinski definition) is 15. The molecular formula is C46H52NO17P. The van der Waals surface area contributed by atoms with Gasteiger partial charge in [0.1, 0.15) is 35.6 Å². The van der Waals surface area contributed by atoms with Crippen molar-refractivity contribution in [3.05, 3.63) is 119 Å². The van der Waals surface area contributed by atoms with Crippen LogP contribution in [0.4, 0.5) is 0 Å². The molecule has 2 bridgehead atoms. The molecule has 1 amide bonds. The first-order valence-electron chi connectivity index (χ1n) is 20.9. The third kappa shape index (κ3) is 8.70. The van der Waals surface area contributed by atoms with Gasteiger partial charge in [-0.25, -0.2) is 14.2 Å². The second-order valence-corrected chi connectivity index (χ2v) is 18.9. The molecule has 1 saturated heterocycles. The number of esters is 3. The topological polar surface area (TPSA) is 271 Å². The minimum absolute atomic E-state index is 0.0237. The molecule has 11 atom stereocenters. The lowest BCUT2D eigenvalue weighted by Gasteiger charge is -2.67. The Hall–Kier alpha value is -5.14. The van der Waals surface area contributed by atoms with Gasteiger partial charge in [-0.1, -0.05) is 80.6 Å². The van der Waals surface area contributed by atoms with Crippen molar-refractivity contribution in [1.29, 1.82) is 0 Å². The third-order valence-electron chi connectivity index (χ3n) is 13.6. The van der Waals surface area contributed by atoms with Crippen LogP contribution in [0.5, 0.6) is 0 Å². The van der Waals surface area contributed by atoms with E-state index in [0.717, 1.165) is 6.92 Å². The molecule has 65 heavy (non-hydrogen) atoms. The van der Waals surface area contributed by atoms with Crippen LogP contribution in [0.3, 0.4) is 0 Å². The van der Waals surface area contributed by atoms with Gasteiger partial charge in [-0.05, 0) is 54.8 Å². The lowest BCUT2D eigenvalue weighted by molar-refractivity contribution is -0.349. The summed E-state index contributed by atoms with van der Waals surface area (Å²) >= 11 is 0. The Balaban J connectivity index is 1.36. The van der Waals surface area contributed by atoms with Gasteiger partial charge >= 0.3 is 25.7 Å². The van der Waals surface area contributed by atoms with E-state index in [-0.39, 0.29) is 28.7 Å². The zero-order chi connectivity index (χ0) is 47.3. The Labute approximate surface area is 374 Å². The Morgan fingerprint density at radius 2 is 1.48 bits per heavy atom. The summed E-state index contributed by atoms with van der Waals surface area (Å²) in [6.07, 6.45) is -10.9. The lowest BCUT2D eigenvalue weighted by atomic mass is 9.44. The molecule has 0 radical (unpaired) electrons. The molecule has 1 heterocycles. The van der Waals surface area contributed by atoms with Gasteiger partial charge in [0.05, 0.1) is 29.8 Å². The van der Waals surface area contributed by atoms with Crippen LogP contribution >= 0.6 is 7.82 Å². The highest BCUT2D eigenvalue weighted by Crippen LogP contribution is 2.64. The second kappa shape index (κ2) is 17.9. The number of benzene rings is 3. The van der Waals surface area contributed by atoms with Gasteiger partial charge in [0.15, 0.2) is 12.6 Å². The molecule has 6 N–H and O–H groups in total. The van der Waals surface area contributed by atoms with Crippen LogP contribution in [0.15, 0.2) is 102 Å². The van der Waals surface area contributed by atoms with Crippen molar-refractivity contribution in [3.8, 4) is 0 Å². The number of fused-ring (bicyclic) bond motifs is 5. The Morgan fingerprint density at radius 1 is 0.892 bits per heavy atom. The first-order chi connectivity index (χ1) is 30.5. The van der Waals surface area contributed by atoms with E-state index in [0.29, 0.717) is 5.56 Å². The number of rotatable bonds is 13. The Morgan fingerprint density at radius 3 is 2.03 bits per heavy atom. The molecule has 3 aromatic rings. The molecule has 1 aliphatic heterocycles. The van der Waals surface area contributed by atoms with Crippen molar-refractivity contribution in [3.63, 3.8) is 0 Å². The first kappa shape index (κ1) is 47.8. The van der Waals surface area contributed by atoms with E-state index in [1.807, 2.05) is 0 Å². The number of hydrogen-bond donors (Lipinski definition) is 6. The minimum atomic E-state index is -5.10. The van der Waals surface area contributed by atoms with Gasteiger partial charge in [0.25, 0.3) is 5.91 Å². The Kier molecular flexibility index (Phi) is 13.2. The molecule has 19 heteroatoms. The largest absolute Gasteiger partial charge is 0.471 e. The third-order valence-corrected chi connectivity index (χ3v) is 14.1. The van der Waals surface area contributed by atoms with Crippen LogP contribution in [-0.2, 0) is 47.2 Å². The van der Waals surface area contributed by atoms with Gasteiger partial charge < -0.3 is 54.1 Å². The molecule has 4 aliphatic rings. The minimum Gasteiger partial charge on any atom is -0.455 e. The van der Waals surface area contributed by atoms with Crippen molar-refractivity contribution in [1.82, 2.24) is 5.32 Å². The molecule has 18 nitrogen and oxygen atoms in total. The molecule has 0 aromatic heterocycles. The average molecular weight is 922 g/mol. The number of ketones is 1. The predicted octanol–water partition coefficient (Wildman–Crippen LogP) is 3.26. The van der Waals surface area contributed by atoms with Gasteiger partial charge in [-0.15, -0.1) is 0 Å². The maximum absolute atomic E-state index is 15.3. The smallest absolute Gasteiger partial charge is 0.455 e. The Bertz CT molecular complexity index is 2390. The zero-order valence-corrected chi connectivity index (χ0v) is 37.1. The van der Waals surface area contributed by atoms with Crippen LogP contribution in [-0.4, -0.2) is 116 Å². The van der Waals surface area contributed by atoms with E-state index in [1.165, 1.54) is 39.8 Å². The number of carbonyl (C=O) groups is 5. The molecular weight excluding hydrogens is 869 g/mol. The number of aliphatic hydroxyl groups excluding tert-OH is 1. The summed E-state index contributed by atoms with van der Waals surface area (Å²) < 4.78 is 46.0. The summed E-state index contributed by atoms with van der Waals surface area (Å²) in [6.45, 7) is 5.39. The number of nitrogens with one attached hydrogen (secondary N) is 1. The quantitative estimate of drug-likeness (QED) is 0.0472. The van der Waals surface area contributed by atoms with Crippen molar-refractivity contribution < 1.29 is 81.9 Å². The standard InChI is InChI=1S/C46H52NO17P/c1-25-30(63-42(53)36(62-26(2)48)34(27-15-9-6-10-16-27)47-40(51)28-17-11-7-12-18-28)22-46(55)39(64-41(52)29-19-13-8-14-20-29)37-44(5,38(50)35(49)33(25)43(46,3)4)31(60-24-61-65(56,57)58)21-32-45(37,54)23-59-32/h6-20,30-32,34-37,39,49,54-55H,21-24H2,1-5H3,(H,47,51)(H2,56,57,58)/t30?,31?,32?,34?,35?,36?,37?,39?,44-,45?,46?/m1/s1. The van der Waals surface area contributed by atoms with Crippen molar-refractivity contribution in [2.24, 2.45) is 16.7 Å².